The van der Waals surface area contributed by atoms with Crippen molar-refractivity contribution >= 4 is 0 Å². The van der Waals surface area contributed by atoms with Crippen molar-refractivity contribution in [2.24, 2.45) is 0 Å². The highest BCUT2D eigenvalue weighted by Gasteiger charge is 2.29. The lowest BCUT2D eigenvalue weighted by molar-refractivity contribution is -0.0760. The van der Waals surface area contributed by atoms with E-state index in [1.807, 2.05) is 42.5 Å². The van der Waals surface area contributed by atoms with Gasteiger partial charge < -0.3 is 19.1 Å². The Kier molecular flexibility index (Phi) is 5.16. The Bertz CT molecular complexity index is 600. The predicted molar refractivity (Wildman–Crippen MR) is 90.0 cm³/mol. The first-order valence-corrected chi connectivity index (χ1v) is 7.92. The fourth-order valence-corrected chi connectivity index (χ4v) is 2.80. The van der Waals surface area contributed by atoms with Gasteiger partial charge in [-0.25, -0.2) is 0 Å². The largest absolute Gasteiger partial charge is 0.497 e. The Hall–Kier alpha value is -2.04. The van der Waals surface area contributed by atoms with E-state index in [1.54, 1.807) is 7.11 Å². The molecule has 4 nitrogen and oxygen atoms in total. The van der Waals surface area contributed by atoms with Crippen molar-refractivity contribution in [3.63, 3.8) is 0 Å². The molecule has 1 heterocycles. The molecule has 3 rings (SSSR count). The number of likely N-dealkylation sites (N-methyl/N-ethyl adjacent to an activating group) is 1. The summed E-state index contributed by atoms with van der Waals surface area (Å²) in [5.74, 6) is 1.64. The molecule has 1 aliphatic heterocycles. The monoisotopic (exact) mass is 313 g/mol. The van der Waals surface area contributed by atoms with E-state index in [0.717, 1.165) is 36.8 Å². The molecule has 0 aliphatic carbocycles. The van der Waals surface area contributed by atoms with Crippen LogP contribution in [0.1, 0.15) is 11.7 Å². The minimum Gasteiger partial charge on any atom is -0.497 e. The number of rotatable bonds is 5. The Balaban J connectivity index is 1.82. The van der Waals surface area contributed by atoms with Crippen LogP contribution in [-0.2, 0) is 4.74 Å². The smallest absolute Gasteiger partial charge is 0.151 e. The summed E-state index contributed by atoms with van der Waals surface area (Å²) < 4.78 is 17.5. The molecule has 2 aromatic rings. The lowest BCUT2D eigenvalue weighted by atomic mass is 10.0. The van der Waals surface area contributed by atoms with Crippen LogP contribution in [0.25, 0.3) is 0 Å². The van der Waals surface area contributed by atoms with Crippen LogP contribution < -0.4 is 9.47 Å². The summed E-state index contributed by atoms with van der Waals surface area (Å²) in [6, 6.07) is 17.9. The fraction of sp³-hybridized carbons (Fsp3) is 0.368. The molecule has 0 radical (unpaired) electrons. The highest BCUT2D eigenvalue weighted by molar-refractivity contribution is 5.32. The average molecular weight is 313 g/mol. The average Bonchev–Trinajstić information content (AvgIpc) is 2.61. The fourth-order valence-electron chi connectivity index (χ4n) is 2.80. The van der Waals surface area contributed by atoms with E-state index in [0.29, 0.717) is 0 Å². The summed E-state index contributed by atoms with van der Waals surface area (Å²) in [7, 11) is 3.78. The molecule has 1 fully saturated rings. The van der Waals surface area contributed by atoms with Crippen molar-refractivity contribution in [2.45, 2.75) is 12.2 Å². The van der Waals surface area contributed by atoms with Crippen LogP contribution in [-0.4, -0.2) is 44.9 Å². The molecule has 4 heteroatoms. The Morgan fingerprint density at radius 3 is 2.39 bits per heavy atom. The van der Waals surface area contributed by atoms with E-state index in [-0.39, 0.29) is 12.2 Å². The van der Waals surface area contributed by atoms with Gasteiger partial charge in [-0.1, -0.05) is 30.3 Å². The van der Waals surface area contributed by atoms with E-state index < -0.39 is 0 Å². The molecular weight excluding hydrogens is 290 g/mol. The van der Waals surface area contributed by atoms with Crippen LogP contribution in [0.15, 0.2) is 54.6 Å². The van der Waals surface area contributed by atoms with Crippen molar-refractivity contribution in [1.29, 1.82) is 0 Å². The zero-order valence-corrected chi connectivity index (χ0v) is 13.6. The van der Waals surface area contributed by atoms with E-state index in [9.17, 15) is 0 Å². The van der Waals surface area contributed by atoms with Gasteiger partial charge in [-0.3, -0.25) is 0 Å². The second kappa shape index (κ2) is 7.49. The summed E-state index contributed by atoms with van der Waals surface area (Å²) in [6.45, 7) is 2.55. The van der Waals surface area contributed by atoms with Crippen molar-refractivity contribution in [3.8, 4) is 11.5 Å². The third-order valence-corrected chi connectivity index (χ3v) is 4.08. The van der Waals surface area contributed by atoms with Crippen LogP contribution >= 0.6 is 0 Å². The lowest BCUT2D eigenvalue weighted by Crippen LogP contribution is -2.44. The molecule has 2 atom stereocenters. The summed E-state index contributed by atoms with van der Waals surface area (Å²) in [4.78, 5) is 2.28. The molecule has 2 unspecified atom stereocenters. The van der Waals surface area contributed by atoms with Crippen LogP contribution in [0.4, 0.5) is 0 Å². The van der Waals surface area contributed by atoms with Gasteiger partial charge in [-0.15, -0.1) is 0 Å². The van der Waals surface area contributed by atoms with E-state index >= 15 is 0 Å². The summed E-state index contributed by atoms with van der Waals surface area (Å²) in [5.41, 5.74) is 1.13. The first-order valence-electron chi connectivity index (χ1n) is 7.92. The van der Waals surface area contributed by atoms with Gasteiger partial charge in [0.15, 0.2) is 6.10 Å². The third kappa shape index (κ3) is 4.03. The van der Waals surface area contributed by atoms with Crippen LogP contribution in [0.3, 0.4) is 0 Å². The summed E-state index contributed by atoms with van der Waals surface area (Å²) in [5, 5.41) is 0. The van der Waals surface area contributed by atoms with Crippen molar-refractivity contribution in [2.75, 3.05) is 33.9 Å². The highest BCUT2D eigenvalue weighted by Crippen LogP contribution is 2.29. The second-order valence-corrected chi connectivity index (χ2v) is 5.80. The van der Waals surface area contributed by atoms with Gasteiger partial charge >= 0.3 is 0 Å². The number of methoxy groups -OCH3 is 1. The van der Waals surface area contributed by atoms with Crippen molar-refractivity contribution < 1.29 is 14.2 Å². The first kappa shape index (κ1) is 15.8. The van der Waals surface area contributed by atoms with Crippen LogP contribution in [0.5, 0.6) is 11.5 Å². The number of hydrogen-bond acceptors (Lipinski definition) is 4. The SMILES string of the molecule is COc1ccc(OC(c2ccccc2)C2CN(C)CCO2)cc1. The number of nitrogens with zero attached hydrogens (tertiary/aromatic N) is 1. The highest BCUT2D eigenvalue weighted by atomic mass is 16.5. The molecule has 0 saturated carbocycles. The third-order valence-electron chi connectivity index (χ3n) is 4.08. The molecule has 0 aromatic heterocycles. The van der Waals surface area contributed by atoms with Gasteiger partial charge in [0.1, 0.15) is 17.6 Å². The number of morpholine rings is 1. The van der Waals surface area contributed by atoms with E-state index in [2.05, 4.69) is 24.1 Å². The van der Waals surface area contributed by atoms with Gasteiger partial charge in [0.05, 0.1) is 13.7 Å². The maximum absolute atomic E-state index is 6.28. The Morgan fingerprint density at radius 1 is 1.04 bits per heavy atom. The first-order chi connectivity index (χ1) is 11.3. The second-order valence-electron chi connectivity index (χ2n) is 5.80. The van der Waals surface area contributed by atoms with Gasteiger partial charge in [0.25, 0.3) is 0 Å². The number of benzene rings is 2. The quantitative estimate of drug-likeness (QED) is 0.848. The molecule has 0 bridgehead atoms. The van der Waals surface area contributed by atoms with Crippen LogP contribution in [0, 0.1) is 0 Å². The normalized spacial score (nSPS) is 20.0. The zero-order chi connectivity index (χ0) is 16.1. The van der Waals surface area contributed by atoms with Gasteiger partial charge in [-0.05, 0) is 36.9 Å². The molecule has 23 heavy (non-hydrogen) atoms. The van der Waals surface area contributed by atoms with Crippen molar-refractivity contribution in [1.82, 2.24) is 4.90 Å². The Morgan fingerprint density at radius 2 is 1.74 bits per heavy atom. The maximum atomic E-state index is 6.28. The van der Waals surface area contributed by atoms with Gasteiger partial charge in [-0.2, -0.15) is 0 Å². The molecular formula is C19H23NO3. The molecule has 1 saturated heterocycles. The Labute approximate surface area is 137 Å². The molecule has 122 valence electrons. The van der Waals surface area contributed by atoms with Gasteiger partial charge in [0, 0.05) is 13.1 Å². The topological polar surface area (TPSA) is 30.9 Å². The number of ether oxygens (including phenoxy) is 3. The van der Waals surface area contributed by atoms with Crippen molar-refractivity contribution in [3.05, 3.63) is 60.2 Å². The molecule has 0 amide bonds. The maximum Gasteiger partial charge on any atom is 0.151 e. The minimum atomic E-state index is -0.132. The number of hydrogen-bond donors (Lipinski definition) is 0. The van der Waals surface area contributed by atoms with E-state index in [1.165, 1.54) is 0 Å². The summed E-state index contributed by atoms with van der Waals surface area (Å²) >= 11 is 0. The predicted octanol–water partition coefficient (Wildman–Crippen LogP) is 3.15. The molecule has 0 spiro atoms. The standard InChI is InChI=1S/C19H23NO3/c1-20-12-13-22-18(14-20)19(15-6-4-3-5-7-15)23-17-10-8-16(21-2)9-11-17/h3-11,18-19H,12-14H2,1-2H3. The lowest BCUT2D eigenvalue weighted by Gasteiger charge is -2.35. The minimum absolute atomic E-state index is 0.0123. The molecule has 1 aliphatic rings. The molecule has 2 aromatic carbocycles. The molecule has 0 N–H and O–H groups in total. The van der Waals surface area contributed by atoms with Gasteiger partial charge in [0.2, 0.25) is 0 Å². The van der Waals surface area contributed by atoms with E-state index in [4.69, 9.17) is 14.2 Å². The zero-order valence-electron chi connectivity index (χ0n) is 13.6. The summed E-state index contributed by atoms with van der Waals surface area (Å²) in [6.07, 6.45) is -0.120. The van der Waals surface area contributed by atoms with Crippen LogP contribution in [0.2, 0.25) is 0 Å².